The number of anilines is 1. The Morgan fingerprint density at radius 3 is 2.79 bits per heavy atom. The number of aliphatic hydroxyl groups excluding tert-OH is 1. The Bertz CT molecular complexity index is 2230. The van der Waals surface area contributed by atoms with Crippen LogP contribution >= 0.6 is 0 Å². The van der Waals surface area contributed by atoms with Gasteiger partial charge in [-0.05, 0) is 66.8 Å². The van der Waals surface area contributed by atoms with Crippen molar-refractivity contribution in [2.75, 3.05) is 45.2 Å². The highest BCUT2D eigenvalue weighted by Crippen LogP contribution is 2.42. The van der Waals surface area contributed by atoms with E-state index < -0.39 is 29.4 Å². The van der Waals surface area contributed by atoms with Gasteiger partial charge in [0.2, 0.25) is 0 Å². The molecule has 6 heterocycles. The molecule has 272 valence electrons. The van der Waals surface area contributed by atoms with Crippen molar-refractivity contribution >= 4 is 33.5 Å². The molecule has 0 saturated carbocycles. The van der Waals surface area contributed by atoms with E-state index in [9.17, 15) is 19.4 Å². The fourth-order valence-corrected chi connectivity index (χ4v) is 8.20. The van der Waals surface area contributed by atoms with Gasteiger partial charge >= 0.3 is 12.0 Å². The van der Waals surface area contributed by atoms with Gasteiger partial charge in [0.05, 0.1) is 22.7 Å². The molecule has 1 unspecified atom stereocenters. The largest absolute Gasteiger partial charge is 0.508 e. The van der Waals surface area contributed by atoms with E-state index in [1.165, 1.54) is 40.0 Å². The Kier molecular flexibility index (Phi) is 8.44. The van der Waals surface area contributed by atoms with Gasteiger partial charge in [-0.25, -0.2) is 18.0 Å². The van der Waals surface area contributed by atoms with Gasteiger partial charge in [-0.3, -0.25) is 9.88 Å². The summed E-state index contributed by atoms with van der Waals surface area (Å²) in [6.07, 6.45) is 3.58. The second-order valence-corrected chi connectivity index (χ2v) is 14.2. The summed E-state index contributed by atoms with van der Waals surface area (Å²) in [6.45, 7) is 3.45. The molecule has 0 spiro atoms. The number of pyridine rings is 1. The molecule has 12 nitrogen and oxygen atoms in total. The van der Waals surface area contributed by atoms with Crippen LogP contribution < -0.4 is 9.64 Å². The molecule has 52 heavy (non-hydrogen) atoms. The van der Waals surface area contributed by atoms with E-state index in [0.717, 1.165) is 19.4 Å². The Labute approximate surface area is 297 Å². The lowest BCUT2D eigenvalue weighted by Gasteiger charge is -2.31. The Morgan fingerprint density at radius 1 is 1.17 bits per heavy atom. The predicted octanol–water partition coefficient (Wildman–Crippen LogP) is 5.52. The van der Waals surface area contributed by atoms with Crippen molar-refractivity contribution in [3.63, 3.8) is 0 Å². The Balaban J connectivity index is 1.27. The molecule has 2 saturated heterocycles. The van der Waals surface area contributed by atoms with Gasteiger partial charge in [-0.1, -0.05) is 13.0 Å². The monoisotopic (exact) mass is 716 g/mol. The molecule has 3 atom stereocenters. The van der Waals surface area contributed by atoms with Crippen LogP contribution in [0.4, 0.5) is 23.8 Å². The number of alkyl halides is 1. The molecule has 2 N–H and O–H groups in total. The topological polar surface area (TPSA) is 133 Å². The zero-order valence-corrected chi connectivity index (χ0v) is 29.1. The van der Waals surface area contributed by atoms with Crippen molar-refractivity contribution in [3.8, 4) is 23.0 Å². The molecular weight excluding hydrogens is 677 g/mol. The maximum atomic E-state index is 17.1. The number of hydrogen-bond acceptors (Lipinski definition) is 10. The lowest BCUT2D eigenvalue weighted by molar-refractivity contribution is 0.107. The number of aromatic hydroxyl groups is 1. The van der Waals surface area contributed by atoms with E-state index in [-0.39, 0.29) is 71.9 Å². The van der Waals surface area contributed by atoms with Gasteiger partial charge in [0.15, 0.2) is 5.82 Å². The van der Waals surface area contributed by atoms with Gasteiger partial charge in [0.1, 0.15) is 41.4 Å². The van der Waals surface area contributed by atoms with Crippen LogP contribution in [-0.4, -0.2) is 103 Å². The molecule has 15 heteroatoms. The summed E-state index contributed by atoms with van der Waals surface area (Å²) in [6, 6.07) is 5.21. The van der Waals surface area contributed by atoms with E-state index in [4.69, 9.17) is 9.72 Å². The van der Waals surface area contributed by atoms with Crippen LogP contribution in [0.3, 0.4) is 0 Å². The first-order valence-electron chi connectivity index (χ1n) is 17.5. The number of halogens is 3. The summed E-state index contributed by atoms with van der Waals surface area (Å²) in [7, 11) is 3.20. The van der Waals surface area contributed by atoms with Crippen LogP contribution in [-0.2, 0) is 13.0 Å². The molecular formula is C37H39F3N8O4. The van der Waals surface area contributed by atoms with Crippen LogP contribution in [0.25, 0.3) is 32.9 Å². The first kappa shape index (κ1) is 34.1. The molecule has 1 amide bonds. The lowest BCUT2D eigenvalue weighted by Crippen LogP contribution is -2.43. The number of ether oxygens (including phenoxy) is 1. The Morgan fingerprint density at radius 2 is 2.00 bits per heavy atom. The summed E-state index contributed by atoms with van der Waals surface area (Å²) in [5.74, 6) is -1.14. The van der Waals surface area contributed by atoms with E-state index in [2.05, 4.69) is 20.0 Å². The quantitative estimate of drug-likeness (QED) is 0.232. The summed E-state index contributed by atoms with van der Waals surface area (Å²) < 4.78 is 54.2. The maximum absolute atomic E-state index is 17.1. The number of hydrogen-bond donors (Lipinski definition) is 2. The molecule has 2 aromatic carbocycles. The van der Waals surface area contributed by atoms with Crippen molar-refractivity contribution in [1.82, 2.24) is 34.5 Å². The van der Waals surface area contributed by atoms with Crippen molar-refractivity contribution in [2.24, 2.45) is 0 Å². The molecule has 5 aromatic rings. The van der Waals surface area contributed by atoms with Gasteiger partial charge in [-0.2, -0.15) is 19.7 Å². The number of fused-ring (bicyclic) bond motifs is 4. The smallest absolute Gasteiger partial charge is 0.344 e. The average Bonchev–Trinajstić information content (AvgIpc) is 3.77. The maximum Gasteiger partial charge on any atom is 0.344 e. The average molecular weight is 717 g/mol. The summed E-state index contributed by atoms with van der Waals surface area (Å²) in [5, 5.41) is 27.3. The van der Waals surface area contributed by atoms with Gasteiger partial charge in [0, 0.05) is 63.7 Å². The predicted molar refractivity (Wildman–Crippen MR) is 187 cm³/mol. The molecule has 3 aliphatic rings. The molecule has 8 rings (SSSR count). The summed E-state index contributed by atoms with van der Waals surface area (Å²) >= 11 is 0. The highest BCUT2D eigenvalue weighted by Gasteiger charge is 2.49. The lowest BCUT2D eigenvalue weighted by atomic mass is 9.94. The minimum absolute atomic E-state index is 0.108. The van der Waals surface area contributed by atoms with E-state index in [1.54, 1.807) is 27.2 Å². The fourth-order valence-electron chi connectivity index (χ4n) is 8.20. The number of aryl methyl sites for hydroxylation is 1. The van der Waals surface area contributed by atoms with E-state index in [1.807, 2.05) is 4.90 Å². The van der Waals surface area contributed by atoms with Crippen LogP contribution in [0, 0.1) is 11.6 Å². The Hall–Kier alpha value is -5.02. The number of carbonyl (C=O) groups is 1. The number of benzene rings is 2. The number of aliphatic hydroxyl groups is 1. The standard InChI is InChI=1S/C37H39F3N8O4/c1-4-24-27(39)7-6-20-12-23(49)13-25(29(20)24)32-30(40)33-26(15-41-32)34(43-35(42-33)52-19-37-9-5-10-47(37)18-22(38)14-37)46-11-8-28(50)31-21(16-46)17-48(44-31)36(51)45(2)3/h6-7,12-13,15,17,22,28,49-50H,4-5,8-11,14,16,18-19H2,1-3H3/t22-,28?,37+/m1/s1. The second-order valence-electron chi connectivity index (χ2n) is 14.2. The molecule has 0 bridgehead atoms. The summed E-state index contributed by atoms with van der Waals surface area (Å²) in [4.78, 5) is 31.9. The number of phenolic OH excluding ortho intramolecular Hbond substituents is 1. The number of aromatic nitrogens is 5. The first-order valence-corrected chi connectivity index (χ1v) is 17.5. The van der Waals surface area contributed by atoms with Crippen LogP contribution in [0.5, 0.6) is 11.8 Å². The number of phenols is 1. The third kappa shape index (κ3) is 5.66. The third-order valence-corrected chi connectivity index (χ3v) is 10.7. The minimum Gasteiger partial charge on any atom is -0.508 e. The molecule has 2 fully saturated rings. The summed E-state index contributed by atoms with van der Waals surface area (Å²) in [5.41, 5.74) is 0.728. The van der Waals surface area contributed by atoms with Crippen molar-refractivity contribution in [2.45, 2.75) is 63.4 Å². The molecule has 3 aliphatic heterocycles. The minimum atomic E-state index is -0.976. The normalized spacial score (nSPS) is 21.8. The molecule has 0 radical (unpaired) electrons. The van der Waals surface area contributed by atoms with Gasteiger partial charge < -0.3 is 24.7 Å². The van der Waals surface area contributed by atoms with Gasteiger partial charge in [-0.15, -0.1) is 0 Å². The number of amides is 1. The third-order valence-electron chi connectivity index (χ3n) is 10.7. The zero-order chi connectivity index (χ0) is 36.5. The van der Waals surface area contributed by atoms with Gasteiger partial charge in [0.25, 0.3) is 0 Å². The zero-order valence-electron chi connectivity index (χ0n) is 29.1. The highest BCUT2D eigenvalue weighted by atomic mass is 19.1. The molecule has 3 aromatic heterocycles. The van der Waals surface area contributed by atoms with Crippen molar-refractivity contribution in [1.29, 1.82) is 0 Å². The second kappa shape index (κ2) is 12.9. The van der Waals surface area contributed by atoms with Crippen LogP contribution in [0.2, 0.25) is 0 Å². The first-order chi connectivity index (χ1) is 25.0. The van der Waals surface area contributed by atoms with Crippen LogP contribution in [0.1, 0.15) is 55.5 Å². The number of nitrogens with zero attached hydrogens (tertiary/aromatic N) is 8. The number of carbonyl (C=O) groups excluding carboxylic acids is 1. The van der Waals surface area contributed by atoms with Crippen LogP contribution in [0.15, 0.2) is 36.7 Å². The van der Waals surface area contributed by atoms with E-state index >= 15 is 8.78 Å². The van der Waals surface area contributed by atoms with Crippen molar-refractivity contribution in [3.05, 3.63) is 65.1 Å². The van der Waals surface area contributed by atoms with E-state index in [0.29, 0.717) is 47.0 Å². The van der Waals surface area contributed by atoms with Crippen molar-refractivity contribution < 1.29 is 32.9 Å². The molecule has 0 aliphatic carbocycles. The highest BCUT2D eigenvalue weighted by molar-refractivity contribution is 6.01. The fraction of sp³-hybridized carbons (Fsp3) is 0.432. The number of rotatable bonds is 6. The SMILES string of the molecule is CCc1c(F)ccc2cc(O)cc(-c3ncc4c(N5CCC(O)c6nn(C(=O)N(C)C)cc6C5)nc(OC[C@@]56CCCN5C[C@H](F)C6)nc4c3F)c12.